The van der Waals surface area contributed by atoms with E-state index in [0.717, 1.165) is 5.56 Å². The van der Waals surface area contributed by atoms with Gasteiger partial charge in [0.25, 0.3) is 0 Å². The first kappa shape index (κ1) is 17.2. The second kappa shape index (κ2) is 8.49. The third-order valence-electron chi connectivity index (χ3n) is 3.61. The standard InChI is InChI=1S/C19H19N3O2/c1-15(23)22(12-11-16-7-3-2-4-8-16)14-19(24)21-18-10-6-5-9-17(18)13-20/h2-10H,11-12,14H2,1H3,(H,21,24). The predicted octanol–water partition coefficient (Wildman–Crippen LogP) is 2.59. The van der Waals surface area contributed by atoms with Gasteiger partial charge in [0.1, 0.15) is 6.07 Å². The van der Waals surface area contributed by atoms with Crippen molar-refractivity contribution >= 4 is 17.5 Å². The highest BCUT2D eigenvalue weighted by Crippen LogP contribution is 2.13. The third-order valence-corrected chi connectivity index (χ3v) is 3.61. The van der Waals surface area contributed by atoms with Crippen LogP contribution in [0.2, 0.25) is 0 Å². The zero-order chi connectivity index (χ0) is 17.4. The van der Waals surface area contributed by atoms with Gasteiger partial charge >= 0.3 is 0 Å². The van der Waals surface area contributed by atoms with E-state index in [1.165, 1.54) is 11.8 Å². The third kappa shape index (κ3) is 4.96. The normalized spacial score (nSPS) is 9.83. The van der Waals surface area contributed by atoms with Crippen molar-refractivity contribution in [1.82, 2.24) is 4.90 Å². The minimum atomic E-state index is -0.319. The maximum absolute atomic E-state index is 12.2. The molecule has 0 aliphatic heterocycles. The summed E-state index contributed by atoms with van der Waals surface area (Å²) in [6, 6.07) is 18.6. The first-order valence-electron chi connectivity index (χ1n) is 7.68. The fourth-order valence-electron chi connectivity index (χ4n) is 2.31. The Morgan fingerprint density at radius 1 is 1.08 bits per heavy atom. The molecule has 2 aromatic rings. The summed E-state index contributed by atoms with van der Waals surface area (Å²) in [7, 11) is 0. The number of para-hydroxylation sites is 1. The number of benzene rings is 2. The number of rotatable bonds is 6. The number of hydrogen-bond donors (Lipinski definition) is 1. The molecule has 0 aliphatic carbocycles. The number of carbonyl (C=O) groups is 2. The maximum atomic E-state index is 12.2. The van der Waals surface area contributed by atoms with Crippen molar-refractivity contribution in [2.24, 2.45) is 0 Å². The number of nitrogens with zero attached hydrogens (tertiary/aromatic N) is 2. The summed E-state index contributed by atoms with van der Waals surface area (Å²) in [5, 5.41) is 11.7. The number of carbonyl (C=O) groups excluding carboxylic acids is 2. The number of hydrogen-bond acceptors (Lipinski definition) is 3. The maximum Gasteiger partial charge on any atom is 0.244 e. The molecule has 0 heterocycles. The minimum absolute atomic E-state index is 0.0398. The van der Waals surface area contributed by atoms with E-state index in [4.69, 9.17) is 5.26 Å². The average Bonchev–Trinajstić information content (AvgIpc) is 2.59. The molecule has 24 heavy (non-hydrogen) atoms. The van der Waals surface area contributed by atoms with Crippen LogP contribution in [0.25, 0.3) is 0 Å². The Kier molecular flexibility index (Phi) is 6.09. The Bertz CT molecular complexity index is 751. The molecule has 122 valence electrons. The highest BCUT2D eigenvalue weighted by molar-refractivity contribution is 5.95. The zero-order valence-corrected chi connectivity index (χ0v) is 13.5. The Morgan fingerprint density at radius 3 is 2.42 bits per heavy atom. The van der Waals surface area contributed by atoms with Gasteiger partial charge in [0.2, 0.25) is 11.8 Å². The summed E-state index contributed by atoms with van der Waals surface area (Å²) in [4.78, 5) is 25.5. The van der Waals surface area contributed by atoms with Crippen molar-refractivity contribution in [1.29, 1.82) is 5.26 Å². The van der Waals surface area contributed by atoms with Crippen molar-refractivity contribution in [2.75, 3.05) is 18.4 Å². The molecule has 1 N–H and O–H groups in total. The number of nitrogens with one attached hydrogen (secondary N) is 1. The molecule has 0 aromatic heterocycles. The number of nitriles is 1. The van der Waals surface area contributed by atoms with Gasteiger partial charge < -0.3 is 10.2 Å². The van der Waals surface area contributed by atoms with Crippen molar-refractivity contribution in [3.8, 4) is 6.07 Å². The fourth-order valence-corrected chi connectivity index (χ4v) is 2.31. The van der Waals surface area contributed by atoms with Crippen LogP contribution in [0.4, 0.5) is 5.69 Å². The van der Waals surface area contributed by atoms with E-state index >= 15 is 0 Å². The van der Waals surface area contributed by atoms with Crippen molar-refractivity contribution in [2.45, 2.75) is 13.3 Å². The molecule has 0 saturated heterocycles. The van der Waals surface area contributed by atoms with E-state index in [1.54, 1.807) is 24.3 Å². The van der Waals surface area contributed by atoms with Gasteiger partial charge in [-0.1, -0.05) is 42.5 Å². The summed E-state index contributed by atoms with van der Waals surface area (Å²) in [6.07, 6.45) is 0.683. The van der Waals surface area contributed by atoms with Gasteiger partial charge in [-0.05, 0) is 24.1 Å². The summed E-state index contributed by atoms with van der Waals surface area (Å²) < 4.78 is 0. The molecule has 2 aromatic carbocycles. The Balaban J connectivity index is 1.96. The van der Waals surface area contributed by atoms with Gasteiger partial charge in [0, 0.05) is 13.5 Å². The molecule has 5 nitrogen and oxygen atoms in total. The van der Waals surface area contributed by atoms with Crippen LogP contribution in [0, 0.1) is 11.3 Å². The van der Waals surface area contributed by atoms with Crippen LogP contribution in [0.3, 0.4) is 0 Å². The van der Waals surface area contributed by atoms with Crippen molar-refractivity contribution in [3.05, 3.63) is 65.7 Å². The van der Waals surface area contributed by atoms with Crippen LogP contribution < -0.4 is 5.32 Å². The van der Waals surface area contributed by atoms with Crippen LogP contribution in [-0.2, 0) is 16.0 Å². The van der Waals surface area contributed by atoms with Crippen LogP contribution in [0.5, 0.6) is 0 Å². The highest BCUT2D eigenvalue weighted by atomic mass is 16.2. The molecule has 2 amide bonds. The van der Waals surface area contributed by atoms with Gasteiger partial charge in [-0.2, -0.15) is 5.26 Å². The van der Waals surface area contributed by atoms with E-state index in [-0.39, 0.29) is 18.4 Å². The molecule has 0 atom stereocenters. The Labute approximate surface area is 141 Å². The largest absolute Gasteiger partial charge is 0.333 e. The molecule has 0 fully saturated rings. The molecule has 2 rings (SSSR count). The fraction of sp³-hybridized carbons (Fsp3) is 0.211. The SMILES string of the molecule is CC(=O)N(CCc1ccccc1)CC(=O)Nc1ccccc1C#N. The predicted molar refractivity (Wildman–Crippen MR) is 92.2 cm³/mol. The highest BCUT2D eigenvalue weighted by Gasteiger charge is 2.14. The zero-order valence-electron chi connectivity index (χ0n) is 13.5. The first-order chi connectivity index (χ1) is 11.6. The number of amides is 2. The van der Waals surface area contributed by atoms with E-state index in [1.807, 2.05) is 36.4 Å². The van der Waals surface area contributed by atoms with Gasteiger partial charge in [-0.15, -0.1) is 0 Å². The summed E-state index contributed by atoms with van der Waals surface area (Å²) in [6.45, 7) is 1.87. The monoisotopic (exact) mass is 321 g/mol. The van der Waals surface area contributed by atoms with E-state index in [9.17, 15) is 9.59 Å². The van der Waals surface area contributed by atoms with E-state index in [0.29, 0.717) is 24.2 Å². The van der Waals surface area contributed by atoms with Crippen LogP contribution in [-0.4, -0.2) is 29.8 Å². The van der Waals surface area contributed by atoms with Gasteiger partial charge in [0.05, 0.1) is 17.8 Å². The number of anilines is 1. The second-order valence-corrected chi connectivity index (χ2v) is 5.38. The Morgan fingerprint density at radius 2 is 1.75 bits per heavy atom. The lowest BCUT2D eigenvalue weighted by atomic mass is 10.1. The Hall–Kier alpha value is -3.13. The molecular formula is C19H19N3O2. The van der Waals surface area contributed by atoms with E-state index in [2.05, 4.69) is 5.32 Å². The van der Waals surface area contributed by atoms with Crippen LogP contribution in [0.1, 0.15) is 18.1 Å². The summed E-state index contributed by atoms with van der Waals surface area (Å²) >= 11 is 0. The average molecular weight is 321 g/mol. The molecule has 5 heteroatoms. The molecule has 0 unspecified atom stereocenters. The lowest BCUT2D eigenvalue weighted by molar-refractivity contribution is -0.132. The molecule has 0 spiro atoms. The van der Waals surface area contributed by atoms with Gasteiger partial charge in [-0.3, -0.25) is 9.59 Å². The molecule has 0 saturated carbocycles. The quantitative estimate of drug-likeness (QED) is 0.889. The topological polar surface area (TPSA) is 73.2 Å². The molecule has 0 aliphatic rings. The van der Waals surface area contributed by atoms with Crippen molar-refractivity contribution < 1.29 is 9.59 Å². The van der Waals surface area contributed by atoms with Crippen LogP contribution in [0.15, 0.2) is 54.6 Å². The second-order valence-electron chi connectivity index (χ2n) is 5.38. The smallest absolute Gasteiger partial charge is 0.244 e. The van der Waals surface area contributed by atoms with Crippen molar-refractivity contribution in [3.63, 3.8) is 0 Å². The van der Waals surface area contributed by atoms with Gasteiger partial charge in [-0.25, -0.2) is 0 Å². The van der Waals surface area contributed by atoms with E-state index < -0.39 is 0 Å². The lowest BCUT2D eigenvalue weighted by Gasteiger charge is -2.20. The molecular weight excluding hydrogens is 302 g/mol. The summed E-state index contributed by atoms with van der Waals surface area (Å²) in [5.74, 6) is -0.476. The summed E-state index contributed by atoms with van der Waals surface area (Å²) in [5.41, 5.74) is 1.96. The van der Waals surface area contributed by atoms with Crippen LogP contribution >= 0.6 is 0 Å². The van der Waals surface area contributed by atoms with Gasteiger partial charge in [0.15, 0.2) is 0 Å². The lowest BCUT2D eigenvalue weighted by Crippen LogP contribution is -2.38. The molecule has 0 bridgehead atoms. The molecule has 0 radical (unpaired) electrons. The first-order valence-corrected chi connectivity index (χ1v) is 7.68. The minimum Gasteiger partial charge on any atom is -0.333 e.